The number of rotatable bonds is 12. The first-order valence-corrected chi connectivity index (χ1v) is 17.7. The molecule has 0 unspecified atom stereocenters. The molecule has 0 spiro atoms. The molecule has 0 aromatic heterocycles. The van der Waals surface area contributed by atoms with E-state index in [2.05, 4.69) is 38.1 Å². The fourth-order valence-electron chi connectivity index (χ4n) is 7.68. The van der Waals surface area contributed by atoms with E-state index in [4.69, 9.17) is 18.9 Å². The summed E-state index contributed by atoms with van der Waals surface area (Å²) >= 11 is 0. The van der Waals surface area contributed by atoms with Gasteiger partial charge in [0.25, 0.3) is 0 Å². The lowest BCUT2D eigenvalue weighted by Gasteiger charge is -2.40. The molecule has 0 N–H and O–H groups in total. The van der Waals surface area contributed by atoms with Gasteiger partial charge in [-0.2, -0.15) is 0 Å². The number of carbonyl (C=O) groups excluding carboxylic acids is 2. The van der Waals surface area contributed by atoms with E-state index in [0.29, 0.717) is 30.9 Å². The molecule has 48 heavy (non-hydrogen) atoms. The van der Waals surface area contributed by atoms with Gasteiger partial charge in [0.05, 0.1) is 27.2 Å². The van der Waals surface area contributed by atoms with Crippen LogP contribution in [-0.4, -0.2) is 50.7 Å². The van der Waals surface area contributed by atoms with Crippen molar-refractivity contribution >= 4 is 11.9 Å². The molecule has 0 bridgehead atoms. The number of carbonyl (C=O) groups is 2. The van der Waals surface area contributed by atoms with E-state index in [-0.39, 0.29) is 23.7 Å². The molecule has 2 fully saturated rings. The summed E-state index contributed by atoms with van der Waals surface area (Å²) < 4.78 is 23.3. The quantitative estimate of drug-likeness (QED) is 0.182. The van der Waals surface area contributed by atoms with E-state index < -0.39 is 12.1 Å². The minimum absolute atomic E-state index is 0.0169. The lowest BCUT2D eigenvalue weighted by atomic mass is 9.75. The van der Waals surface area contributed by atoms with Crippen molar-refractivity contribution in [2.75, 3.05) is 27.9 Å². The maximum atomic E-state index is 14.8. The molecule has 258 valence electrons. The number of benzene rings is 3. The van der Waals surface area contributed by atoms with Crippen LogP contribution in [0.4, 0.5) is 0 Å². The van der Waals surface area contributed by atoms with Crippen LogP contribution in [0.2, 0.25) is 0 Å². The van der Waals surface area contributed by atoms with Gasteiger partial charge in [-0.05, 0) is 123 Å². The van der Waals surface area contributed by atoms with E-state index >= 15 is 0 Å². The zero-order valence-corrected chi connectivity index (χ0v) is 29.7. The van der Waals surface area contributed by atoms with Crippen LogP contribution < -0.4 is 14.2 Å². The average Bonchev–Trinajstić information content (AvgIpc) is 3.11. The summed E-state index contributed by atoms with van der Waals surface area (Å²) in [5.74, 6) is 1.54. The molecular formula is C41H53NO6. The number of hydrogen-bond donors (Lipinski definition) is 0. The van der Waals surface area contributed by atoms with Gasteiger partial charge in [0.15, 0.2) is 11.5 Å². The molecule has 3 aromatic rings. The van der Waals surface area contributed by atoms with Crippen LogP contribution in [0.25, 0.3) is 0 Å². The van der Waals surface area contributed by atoms with Gasteiger partial charge >= 0.3 is 5.97 Å². The van der Waals surface area contributed by atoms with Crippen molar-refractivity contribution in [1.29, 1.82) is 0 Å². The van der Waals surface area contributed by atoms with Crippen molar-refractivity contribution in [3.8, 4) is 17.2 Å². The van der Waals surface area contributed by atoms with Gasteiger partial charge in [0.1, 0.15) is 17.9 Å². The Morgan fingerprint density at radius 3 is 2.25 bits per heavy atom. The second-order valence-electron chi connectivity index (χ2n) is 13.7. The predicted octanol–water partition coefficient (Wildman–Crippen LogP) is 8.60. The SMILES string of the molecule is COc1cccc([C@@H](CCc2ccc(C)c(C)c2)OC(=O)[C@@H]2CCCCN2C(=O)[C@H](c2cc(C)c(OC)c(OC)c2)C2CCCCC2)c1. The molecule has 7 nitrogen and oxygen atoms in total. The molecule has 1 amide bonds. The molecule has 1 saturated heterocycles. The number of piperidine rings is 1. The smallest absolute Gasteiger partial charge is 0.329 e. The van der Waals surface area contributed by atoms with Gasteiger partial charge in [-0.1, -0.05) is 55.7 Å². The summed E-state index contributed by atoms with van der Waals surface area (Å²) in [6, 6.07) is 17.7. The zero-order valence-electron chi connectivity index (χ0n) is 29.7. The van der Waals surface area contributed by atoms with Crippen molar-refractivity contribution in [2.45, 2.75) is 103 Å². The Bertz CT molecular complexity index is 1560. The third kappa shape index (κ3) is 8.16. The molecule has 0 radical (unpaired) electrons. The van der Waals surface area contributed by atoms with Crippen LogP contribution in [0, 0.1) is 26.7 Å². The summed E-state index contributed by atoms with van der Waals surface area (Å²) in [4.78, 5) is 30.9. The topological polar surface area (TPSA) is 74.3 Å². The Labute approximate surface area is 286 Å². The molecule has 7 heteroatoms. The molecule has 1 saturated carbocycles. The van der Waals surface area contributed by atoms with Crippen LogP contribution in [0.15, 0.2) is 54.6 Å². The summed E-state index contributed by atoms with van der Waals surface area (Å²) in [6.07, 6.45) is 8.61. The van der Waals surface area contributed by atoms with Crippen LogP contribution >= 0.6 is 0 Å². The van der Waals surface area contributed by atoms with Crippen molar-refractivity contribution in [2.24, 2.45) is 5.92 Å². The molecule has 2 aliphatic rings. The standard InChI is InChI=1S/C41H53NO6/c1-27-18-19-30(23-28(27)2)20-21-36(32-15-12-16-34(25-32)45-4)48-41(44)35-17-10-11-22-42(35)40(43)38(31-13-8-7-9-14-31)33-24-29(3)39(47-6)37(26-33)46-5/h12,15-16,18-19,23-26,31,35-36,38H,7-11,13-14,17,20-22H2,1-6H3/t35-,36+,38-/m0/s1. The number of esters is 1. The Morgan fingerprint density at radius 1 is 0.771 bits per heavy atom. The van der Waals surface area contributed by atoms with E-state index in [9.17, 15) is 9.59 Å². The molecule has 1 heterocycles. The maximum absolute atomic E-state index is 14.8. The second-order valence-corrected chi connectivity index (χ2v) is 13.7. The van der Waals surface area contributed by atoms with Gasteiger partial charge in [0.2, 0.25) is 5.91 Å². The summed E-state index contributed by atoms with van der Waals surface area (Å²) in [7, 11) is 4.91. The first-order chi connectivity index (χ1) is 23.2. The normalized spacial score (nSPS) is 18.1. The van der Waals surface area contributed by atoms with Gasteiger partial charge in [0, 0.05) is 6.54 Å². The van der Waals surface area contributed by atoms with Crippen LogP contribution in [0.1, 0.15) is 103 Å². The molecule has 1 aliphatic carbocycles. The zero-order chi connectivity index (χ0) is 34.2. The Morgan fingerprint density at radius 2 is 1.54 bits per heavy atom. The fourth-order valence-corrected chi connectivity index (χ4v) is 7.68. The monoisotopic (exact) mass is 655 g/mol. The first-order valence-electron chi connectivity index (χ1n) is 17.7. The third-order valence-electron chi connectivity index (χ3n) is 10.5. The summed E-state index contributed by atoms with van der Waals surface area (Å²) in [5, 5.41) is 0. The summed E-state index contributed by atoms with van der Waals surface area (Å²) in [6.45, 7) is 6.77. The van der Waals surface area contributed by atoms with Crippen LogP contribution in [-0.2, 0) is 20.7 Å². The lowest BCUT2D eigenvalue weighted by molar-refractivity contribution is -0.163. The van der Waals surface area contributed by atoms with Crippen molar-refractivity contribution < 1.29 is 28.5 Å². The highest BCUT2D eigenvalue weighted by molar-refractivity contribution is 5.89. The van der Waals surface area contributed by atoms with E-state index in [1.807, 2.05) is 42.2 Å². The molecule has 3 atom stereocenters. The van der Waals surface area contributed by atoms with E-state index in [1.54, 1.807) is 21.3 Å². The third-order valence-corrected chi connectivity index (χ3v) is 10.5. The highest BCUT2D eigenvalue weighted by Gasteiger charge is 2.41. The Kier molecular flexibility index (Phi) is 12.1. The minimum Gasteiger partial charge on any atom is -0.497 e. The molecule has 3 aromatic carbocycles. The molecule has 1 aliphatic heterocycles. The number of ether oxygens (including phenoxy) is 4. The number of hydrogen-bond acceptors (Lipinski definition) is 6. The highest BCUT2D eigenvalue weighted by atomic mass is 16.5. The number of aryl methyl sites for hydroxylation is 4. The first kappa shape index (κ1) is 35.3. The van der Waals surface area contributed by atoms with Crippen LogP contribution in [0.5, 0.6) is 17.2 Å². The van der Waals surface area contributed by atoms with Gasteiger partial charge < -0.3 is 23.8 Å². The molecule has 5 rings (SSSR count). The van der Waals surface area contributed by atoms with Gasteiger partial charge in [-0.3, -0.25) is 4.79 Å². The second kappa shape index (κ2) is 16.4. The molecular weight excluding hydrogens is 602 g/mol. The maximum Gasteiger partial charge on any atom is 0.329 e. The summed E-state index contributed by atoms with van der Waals surface area (Å²) in [5.41, 5.74) is 6.46. The Balaban J connectivity index is 1.43. The highest BCUT2D eigenvalue weighted by Crippen LogP contribution is 2.42. The largest absolute Gasteiger partial charge is 0.497 e. The van der Waals surface area contributed by atoms with Crippen molar-refractivity contribution in [3.05, 3.63) is 88.0 Å². The van der Waals surface area contributed by atoms with Gasteiger partial charge in [-0.25, -0.2) is 4.79 Å². The minimum atomic E-state index is -0.631. The predicted molar refractivity (Wildman–Crippen MR) is 189 cm³/mol. The lowest BCUT2D eigenvalue weighted by Crippen LogP contribution is -2.51. The van der Waals surface area contributed by atoms with Crippen molar-refractivity contribution in [1.82, 2.24) is 4.90 Å². The number of methoxy groups -OCH3 is 3. The number of nitrogens with zero attached hydrogens (tertiary/aromatic N) is 1. The number of amides is 1. The Hall–Kier alpha value is -4.00. The fraction of sp³-hybridized carbons (Fsp3) is 0.512. The number of likely N-dealkylation sites (tertiary alicyclic amines) is 1. The van der Waals surface area contributed by atoms with Crippen LogP contribution in [0.3, 0.4) is 0 Å². The van der Waals surface area contributed by atoms with Crippen molar-refractivity contribution in [3.63, 3.8) is 0 Å². The van der Waals surface area contributed by atoms with E-state index in [1.165, 1.54) is 23.1 Å². The average molecular weight is 656 g/mol. The van der Waals surface area contributed by atoms with E-state index in [0.717, 1.165) is 67.4 Å². The van der Waals surface area contributed by atoms with Gasteiger partial charge in [-0.15, -0.1) is 0 Å².